The van der Waals surface area contributed by atoms with Crippen molar-refractivity contribution in [3.63, 3.8) is 0 Å². The number of nitrogens with two attached hydrogens (primary N) is 2. The van der Waals surface area contributed by atoms with Crippen molar-refractivity contribution in [1.29, 1.82) is 0 Å². The van der Waals surface area contributed by atoms with E-state index in [4.69, 9.17) is 16.3 Å². The average molecular weight is 343 g/mol. The number of nitrogens with zero attached hydrogens (tertiary/aromatic N) is 1. The lowest BCUT2D eigenvalue weighted by molar-refractivity contribution is 0.213. The number of rotatable bonds is 5. The van der Waals surface area contributed by atoms with Crippen LogP contribution in [0.3, 0.4) is 0 Å². The van der Waals surface area contributed by atoms with E-state index < -0.39 is 0 Å². The molecular weight excluding hydrogens is 322 g/mol. The maximum absolute atomic E-state index is 5.82. The molecule has 0 heterocycles. The van der Waals surface area contributed by atoms with E-state index in [-0.39, 0.29) is 0 Å². The first kappa shape index (κ1) is 17.3. The molecule has 0 atom stereocenters. The van der Waals surface area contributed by atoms with E-state index in [1.54, 1.807) is 0 Å². The summed E-state index contributed by atoms with van der Waals surface area (Å²) in [4.78, 5) is 4.70. The number of oxime groups is 1. The minimum absolute atomic E-state index is 0.359. The van der Waals surface area contributed by atoms with Gasteiger partial charge in [-0.05, 0) is 27.8 Å². The standard InChI is InChI=1S/C22H21N3O/c1-15(23)16-3-5-17(6-4-16)18-7-9-19(10-8-18)20-11-13-21(14-12-20)22(24)25-26-2/h3-14H,1,23H2,2H3,(H2,24,25). The van der Waals surface area contributed by atoms with E-state index >= 15 is 0 Å². The maximum atomic E-state index is 5.82. The predicted octanol–water partition coefficient (Wildman–Crippen LogP) is 4.22. The molecule has 0 saturated heterocycles. The highest BCUT2D eigenvalue weighted by Gasteiger charge is 2.03. The first-order chi connectivity index (χ1) is 12.6. The number of benzene rings is 3. The molecule has 0 fully saturated rings. The molecule has 0 aliphatic heterocycles. The third kappa shape index (κ3) is 3.75. The minimum Gasteiger partial charge on any atom is -0.399 e. The smallest absolute Gasteiger partial charge is 0.170 e. The third-order valence-corrected chi connectivity index (χ3v) is 4.18. The lowest BCUT2D eigenvalue weighted by atomic mass is 9.98. The molecule has 130 valence electrons. The summed E-state index contributed by atoms with van der Waals surface area (Å²) in [5, 5.41) is 3.74. The summed E-state index contributed by atoms with van der Waals surface area (Å²) < 4.78 is 0. The summed E-state index contributed by atoms with van der Waals surface area (Å²) in [6.07, 6.45) is 0. The van der Waals surface area contributed by atoms with Crippen LogP contribution in [0.15, 0.2) is 84.5 Å². The molecule has 3 rings (SSSR count). The first-order valence-electron chi connectivity index (χ1n) is 8.21. The van der Waals surface area contributed by atoms with Gasteiger partial charge < -0.3 is 16.3 Å². The number of amidine groups is 1. The summed E-state index contributed by atoms with van der Waals surface area (Å²) in [5.41, 5.74) is 18.4. The van der Waals surface area contributed by atoms with Crippen molar-refractivity contribution < 1.29 is 4.84 Å². The molecule has 0 aliphatic rings. The fourth-order valence-electron chi connectivity index (χ4n) is 2.72. The van der Waals surface area contributed by atoms with E-state index in [1.807, 2.05) is 36.4 Å². The van der Waals surface area contributed by atoms with Crippen LogP contribution in [0.4, 0.5) is 0 Å². The van der Waals surface area contributed by atoms with Crippen molar-refractivity contribution in [3.05, 3.63) is 90.5 Å². The van der Waals surface area contributed by atoms with E-state index in [1.165, 1.54) is 7.11 Å². The Kier molecular flexibility index (Phi) is 5.04. The third-order valence-electron chi connectivity index (χ3n) is 4.18. The summed E-state index contributed by atoms with van der Waals surface area (Å²) in [6.45, 7) is 3.76. The largest absolute Gasteiger partial charge is 0.399 e. The van der Waals surface area contributed by atoms with Gasteiger partial charge in [0.15, 0.2) is 5.84 Å². The van der Waals surface area contributed by atoms with Gasteiger partial charge in [-0.3, -0.25) is 0 Å². The highest BCUT2D eigenvalue weighted by atomic mass is 16.6. The molecular formula is C22H21N3O. The van der Waals surface area contributed by atoms with Crippen LogP contribution < -0.4 is 11.5 Å². The minimum atomic E-state index is 0.359. The molecule has 0 aromatic heterocycles. The molecule has 3 aromatic carbocycles. The second kappa shape index (κ2) is 7.57. The Bertz CT molecular complexity index is 925. The van der Waals surface area contributed by atoms with Gasteiger partial charge in [-0.1, -0.05) is 84.5 Å². The molecule has 0 unspecified atom stereocenters. The summed E-state index contributed by atoms with van der Waals surface area (Å²) in [5.74, 6) is 0.359. The summed E-state index contributed by atoms with van der Waals surface area (Å²) in [6, 6.07) is 24.4. The van der Waals surface area contributed by atoms with Gasteiger partial charge in [0.25, 0.3) is 0 Å². The monoisotopic (exact) mass is 343 g/mol. The lowest BCUT2D eigenvalue weighted by Gasteiger charge is -2.07. The fourth-order valence-corrected chi connectivity index (χ4v) is 2.72. The molecule has 4 N–H and O–H groups in total. The van der Waals surface area contributed by atoms with Crippen molar-refractivity contribution in [2.24, 2.45) is 16.6 Å². The maximum Gasteiger partial charge on any atom is 0.170 e. The molecule has 0 radical (unpaired) electrons. The fraction of sp³-hybridized carbons (Fsp3) is 0.0455. The Labute approximate surface area is 153 Å². The number of hydrogen-bond donors (Lipinski definition) is 2. The van der Waals surface area contributed by atoms with Gasteiger partial charge in [0, 0.05) is 11.3 Å². The Hall–Kier alpha value is -3.53. The van der Waals surface area contributed by atoms with Crippen LogP contribution >= 0.6 is 0 Å². The average Bonchev–Trinajstić information content (AvgIpc) is 2.68. The SMILES string of the molecule is C=C(N)c1ccc(-c2ccc(-c3ccc(C(N)=NOC)cc3)cc2)cc1. The summed E-state index contributed by atoms with van der Waals surface area (Å²) >= 11 is 0. The van der Waals surface area contributed by atoms with Crippen LogP contribution in [0.1, 0.15) is 11.1 Å². The molecule has 0 spiro atoms. The molecule has 0 saturated carbocycles. The van der Waals surface area contributed by atoms with Crippen molar-refractivity contribution in [1.82, 2.24) is 0 Å². The van der Waals surface area contributed by atoms with E-state index in [2.05, 4.69) is 48.1 Å². The quantitative estimate of drug-likeness (QED) is 0.414. The second-order valence-electron chi connectivity index (χ2n) is 5.92. The van der Waals surface area contributed by atoms with Gasteiger partial charge in [0.05, 0.1) is 0 Å². The van der Waals surface area contributed by atoms with Gasteiger partial charge in [-0.2, -0.15) is 0 Å². The lowest BCUT2D eigenvalue weighted by Crippen LogP contribution is -2.13. The second-order valence-corrected chi connectivity index (χ2v) is 5.92. The molecule has 0 aliphatic carbocycles. The van der Waals surface area contributed by atoms with Crippen LogP contribution in [-0.2, 0) is 4.84 Å². The van der Waals surface area contributed by atoms with Gasteiger partial charge in [0.1, 0.15) is 7.11 Å². The van der Waals surface area contributed by atoms with Crippen molar-refractivity contribution in [2.75, 3.05) is 7.11 Å². The first-order valence-corrected chi connectivity index (χ1v) is 8.21. The topological polar surface area (TPSA) is 73.6 Å². The predicted molar refractivity (Wildman–Crippen MR) is 108 cm³/mol. The molecule has 26 heavy (non-hydrogen) atoms. The van der Waals surface area contributed by atoms with Crippen LogP contribution in [-0.4, -0.2) is 12.9 Å². The zero-order chi connectivity index (χ0) is 18.5. The Balaban J connectivity index is 1.81. The van der Waals surface area contributed by atoms with Gasteiger partial charge in [-0.15, -0.1) is 0 Å². The zero-order valence-electron chi connectivity index (χ0n) is 14.6. The Morgan fingerprint density at radius 2 is 1.04 bits per heavy atom. The zero-order valence-corrected chi connectivity index (χ0v) is 14.6. The molecule has 0 bridgehead atoms. The van der Waals surface area contributed by atoms with Crippen LogP contribution in [0, 0.1) is 0 Å². The van der Waals surface area contributed by atoms with Crippen molar-refractivity contribution >= 4 is 11.5 Å². The van der Waals surface area contributed by atoms with Gasteiger partial charge in [-0.25, -0.2) is 0 Å². The van der Waals surface area contributed by atoms with Crippen LogP contribution in [0.2, 0.25) is 0 Å². The Morgan fingerprint density at radius 1 is 0.692 bits per heavy atom. The van der Waals surface area contributed by atoms with E-state index in [0.29, 0.717) is 11.5 Å². The molecule has 4 heteroatoms. The highest BCUT2D eigenvalue weighted by molar-refractivity contribution is 5.97. The van der Waals surface area contributed by atoms with Crippen LogP contribution in [0.5, 0.6) is 0 Å². The molecule has 0 amide bonds. The van der Waals surface area contributed by atoms with E-state index in [0.717, 1.165) is 33.4 Å². The summed E-state index contributed by atoms with van der Waals surface area (Å²) in [7, 11) is 1.47. The van der Waals surface area contributed by atoms with Gasteiger partial charge in [0.2, 0.25) is 0 Å². The van der Waals surface area contributed by atoms with E-state index in [9.17, 15) is 0 Å². The molecule has 4 nitrogen and oxygen atoms in total. The normalized spacial score (nSPS) is 11.2. The van der Waals surface area contributed by atoms with Crippen LogP contribution in [0.25, 0.3) is 28.0 Å². The highest BCUT2D eigenvalue weighted by Crippen LogP contribution is 2.26. The number of hydrogen-bond acceptors (Lipinski definition) is 3. The van der Waals surface area contributed by atoms with Gasteiger partial charge >= 0.3 is 0 Å². The Morgan fingerprint density at radius 3 is 1.38 bits per heavy atom. The molecule has 3 aromatic rings. The van der Waals surface area contributed by atoms with Crippen molar-refractivity contribution in [3.8, 4) is 22.3 Å². The van der Waals surface area contributed by atoms with Crippen molar-refractivity contribution in [2.45, 2.75) is 0 Å².